The van der Waals surface area contributed by atoms with Crippen LogP contribution in [0.15, 0.2) is 12.3 Å². The molecule has 112 valence electrons. The quantitative estimate of drug-likeness (QED) is 0.851. The lowest BCUT2D eigenvalue weighted by Gasteiger charge is -2.27. The third-order valence-electron chi connectivity index (χ3n) is 4.33. The van der Waals surface area contributed by atoms with E-state index in [1.807, 2.05) is 12.3 Å². The Balaban J connectivity index is 1.91. The molecule has 20 heavy (non-hydrogen) atoms. The summed E-state index contributed by atoms with van der Waals surface area (Å²) in [6, 6.07) is 2.53. The van der Waals surface area contributed by atoms with Gasteiger partial charge in [0.25, 0.3) is 0 Å². The van der Waals surface area contributed by atoms with Crippen LogP contribution in [0.4, 0.5) is 0 Å². The van der Waals surface area contributed by atoms with Crippen LogP contribution in [0.25, 0.3) is 0 Å². The largest absolute Gasteiger partial charge is 0.309 e. The van der Waals surface area contributed by atoms with E-state index in [-0.39, 0.29) is 0 Å². The molecule has 1 N–H and O–H groups in total. The molecule has 0 bridgehead atoms. The highest BCUT2D eigenvalue weighted by molar-refractivity contribution is 5.06. The third kappa shape index (κ3) is 4.55. The van der Waals surface area contributed by atoms with Crippen LogP contribution in [0.2, 0.25) is 0 Å². The van der Waals surface area contributed by atoms with Crippen LogP contribution in [0.1, 0.15) is 76.7 Å². The second-order valence-corrected chi connectivity index (χ2v) is 6.45. The SMILES string of the molecule is CCCC1CCC(c2nccc(CNC(C)C)n2)CC1. The minimum absolute atomic E-state index is 0.498. The van der Waals surface area contributed by atoms with Gasteiger partial charge in [0.1, 0.15) is 5.82 Å². The standard InChI is InChI=1S/C17H29N3/c1-4-5-14-6-8-15(9-7-14)17-18-11-10-16(20-17)12-19-13(2)3/h10-11,13-15,19H,4-9,12H2,1-3H3. The summed E-state index contributed by atoms with van der Waals surface area (Å²) in [4.78, 5) is 9.29. The molecule has 1 fully saturated rings. The van der Waals surface area contributed by atoms with E-state index in [2.05, 4.69) is 31.1 Å². The first kappa shape index (κ1) is 15.4. The lowest BCUT2D eigenvalue weighted by molar-refractivity contribution is 0.302. The minimum Gasteiger partial charge on any atom is -0.309 e. The molecule has 3 heteroatoms. The van der Waals surface area contributed by atoms with E-state index < -0.39 is 0 Å². The highest BCUT2D eigenvalue weighted by Gasteiger charge is 2.23. The Morgan fingerprint density at radius 2 is 2.00 bits per heavy atom. The van der Waals surface area contributed by atoms with E-state index >= 15 is 0 Å². The highest BCUT2D eigenvalue weighted by Crippen LogP contribution is 2.36. The Morgan fingerprint density at radius 3 is 2.65 bits per heavy atom. The molecule has 1 aliphatic rings. The fourth-order valence-electron chi connectivity index (χ4n) is 3.13. The van der Waals surface area contributed by atoms with Gasteiger partial charge in [0.05, 0.1) is 5.69 Å². The number of aromatic nitrogens is 2. The van der Waals surface area contributed by atoms with Crippen molar-refractivity contribution in [2.75, 3.05) is 0 Å². The lowest BCUT2D eigenvalue weighted by atomic mass is 9.80. The van der Waals surface area contributed by atoms with E-state index in [1.54, 1.807) is 0 Å². The van der Waals surface area contributed by atoms with Crippen molar-refractivity contribution in [1.82, 2.24) is 15.3 Å². The van der Waals surface area contributed by atoms with Crippen LogP contribution in [0, 0.1) is 5.92 Å². The maximum atomic E-state index is 4.77. The average molecular weight is 275 g/mol. The Kier molecular flexibility index (Phi) is 5.96. The summed E-state index contributed by atoms with van der Waals surface area (Å²) >= 11 is 0. The van der Waals surface area contributed by atoms with Gasteiger partial charge in [0.15, 0.2) is 0 Å². The zero-order valence-electron chi connectivity index (χ0n) is 13.2. The first-order chi connectivity index (χ1) is 9.69. The molecular formula is C17H29N3. The van der Waals surface area contributed by atoms with Gasteiger partial charge in [-0.2, -0.15) is 0 Å². The van der Waals surface area contributed by atoms with Gasteiger partial charge in [0, 0.05) is 24.7 Å². The number of nitrogens with one attached hydrogen (secondary N) is 1. The van der Waals surface area contributed by atoms with E-state index in [1.165, 1.54) is 38.5 Å². The maximum Gasteiger partial charge on any atom is 0.131 e. The molecule has 0 amide bonds. The summed E-state index contributed by atoms with van der Waals surface area (Å²) in [5.41, 5.74) is 1.12. The number of hydrogen-bond donors (Lipinski definition) is 1. The summed E-state index contributed by atoms with van der Waals surface area (Å²) in [6.45, 7) is 7.47. The van der Waals surface area contributed by atoms with Crippen LogP contribution in [0.5, 0.6) is 0 Å². The molecule has 1 aromatic rings. The van der Waals surface area contributed by atoms with Gasteiger partial charge in [-0.1, -0.05) is 33.6 Å². The van der Waals surface area contributed by atoms with Crippen LogP contribution in [-0.4, -0.2) is 16.0 Å². The molecule has 1 heterocycles. The fraction of sp³-hybridized carbons (Fsp3) is 0.765. The third-order valence-corrected chi connectivity index (χ3v) is 4.33. The maximum absolute atomic E-state index is 4.77. The zero-order valence-corrected chi connectivity index (χ0v) is 13.2. The molecule has 0 spiro atoms. The summed E-state index contributed by atoms with van der Waals surface area (Å²) in [5.74, 6) is 2.60. The Bertz CT molecular complexity index is 395. The number of hydrogen-bond acceptors (Lipinski definition) is 3. The summed E-state index contributed by atoms with van der Waals surface area (Å²) in [6.07, 6.45) is 9.90. The first-order valence-electron chi connectivity index (χ1n) is 8.24. The monoisotopic (exact) mass is 275 g/mol. The molecule has 0 aliphatic heterocycles. The van der Waals surface area contributed by atoms with Crippen molar-refractivity contribution < 1.29 is 0 Å². The van der Waals surface area contributed by atoms with Crippen molar-refractivity contribution in [2.45, 2.75) is 77.8 Å². The summed E-state index contributed by atoms with van der Waals surface area (Å²) in [5, 5.41) is 3.43. The van der Waals surface area contributed by atoms with Crippen molar-refractivity contribution in [3.05, 3.63) is 23.8 Å². The van der Waals surface area contributed by atoms with Gasteiger partial charge in [-0.15, -0.1) is 0 Å². The summed E-state index contributed by atoms with van der Waals surface area (Å²) in [7, 11) is 0. The Hall–Kier alpha value is -0.960. The number of rotatable bonds is 6. The molecule has 0 saturated heterocycles. The molecule has 1 aromatic heterocycles. The van der Waals surface area contributed by atoms with Crippen molar-refractivity contribution in [2.24, 2.45) is 5.92 Å². The highest BCUT2D eigenvalue weighted by atomic mass is 14.9. The molecule has 0 aromatic carbocycles. The smallest absolute Gasteiger partial charge is 0.131 e. The topological polar surface area (TPSA) is 37.8 Å². The predicted molar refractivity (Wildman–Crippen MR) is 83.6 cm³/mol. The van der Waals surface area contributed by atoms with E-state index in [0.29, 0.717) is 12.0 Å². The number of nitrogens with zero attached hydrogens (tertiary/aromatic N) is 2. The predicted octanol–water partition coefficient (Wildman–Crippen LogP) is 4.05. The van der Waals surface area contributed by atoms with Crippen LogP contribution < -0.4 is 5.32 Å². The zero-order chi connectivity index (χ0) is 14.4. The van der Waals surface area contributed by atoms with Crippen molar-refractivity contribution in [3.63, 3.8) is 0 Å². The average Bonchev–Trinajstić information content (AvgIpc) is 2.47. The van der Waals surface area contributed by atoms with Crippen LogP contribution in [0.3, 0.4) is 0 Å². The molecule has 3 nitrogen and oxygen atoms in total. The van der Waals surface area contributed by atoms with Gasteiger partial charge >= 0.3 is 0 Å². The van der Waals surface area contributed by atoms with Crippen molar-refractivity contribution >= 4 is 0 Å². The molecular weight excluding hydrogens is 246 g/mol. The molecule has 2 rings (SSSR count). The van der Waals surface area contributed by atoms with E-state index in [4.69, 9.17) is 4.98 Å². The van der Waals surface area contributed by atoms with Gasteiger partial charge in [-0.25, -0.2) is 9.97 Å². The van der Waals surface area contributed by atoms with Crippen molar-refractivity contribution in [3.8, 4) is 0 Å². The van der Waals surface area contributed by atoms with Gasteiger partial charge in [0.2, 0.25) is 0 Å². The van der Waals surface area contributed by atoms with Crippen molar-refractivity contribution in [1.29, 1.82) is 0 Å². The molecule has 0 unspecified atom stereocenters. The van der Waals surface area contributed by atoms with Gasteiger partial charge in [-0.05, 0) is 37.7 Å². The van der Waals surface area contributed by atoms with E-state index in [9.17, 15) is 0 Å². The van der Waals surface area contributed by atoms with Crippen LogP contribution in [-0.2, 0) is 6.54 Å². The lowest BCUT2D eigenvalue weighted by Crippen LogP contribution is -2.23. The Labute approximate surface area is 123 Å². The van der Waals surface area contributed by atoms with Gasteiger partial charge < -0.3 is 5.32 Å². The first-order valence-corrected chi connectivity index (χ1v) is 8.24. The minimum atomic E-state index is 0.498. The van der Waals surface area contributed by atoms with Gasteiger partial charge in [-0.3, -0.25) is 0 Å². The summed E-state index contributed by atoms with van der Waals surface area (Å²) < 4.78 is 0. The second kappa shape index (κ2) is 7.72. The fourth-order valence-corrected chi connectivity index (χ4v) is 3.13. The normalized spacial score (nSPS) is 23.2. The second-order valence-electron chi connectivity index (χ2n) is 6.45. The molecule has 1 aliphatic carbocycles. The Morgan fingerprint density at radius 1 is 1.25 bits per heavy atom. The van der Waals surface area contributed by atoms with E-state index in [0.717, 1.165) is 24.0 Å². The molecule has 0 radical (unpaired) electrons. The molecule has 0 atom stereocenters. The van der Waals surface area contributed by atoms with Crippen LogP contribution >= 0.6 is 0 Å². The molecule has 1 saturated carbocycles.